The molecule has 4 heteroatoms. The standard InChI is InChI=1S/C29H32ClN3/c1-32-19-17-29(18-20-32)33(2)22-24-9-7-23(8-10-24)5-3-4-6-28-16-13-26(21-31-28)25-11-14-27(30)15-12-25/h7-16,21,29H,3,5,17-20,22H2,1-2H3. The summed E-state index contributed by atoms with van der Waals surface area (Å²) in [4.78, 5) is 9.43. The molecule has 170 valence electrons. The molecule has 1 fully saturated rings. The second kappa shape index (κ2) is 11.5. The predicted octanol–water partition coefficient (Wildman–Crippen LogP) is 5.91. The number of aryl methyl sites for hydroxylation is 1. The molecule has 0 N–H and O–H groups in total. The maximum atomic E-state index is 5.96. The molecule has 33 heavy (non-hydrogen) atoms. The van der Waals surface area contributed by atoms with Gasteiger partial charge in [0.1, 0.15) is 5.69 Å². The summed E-state index contributed by atoms with van der Waals surface area (Å²) in [6.07, 6.45) is 6.19. The van der Waals surface area contributed by atoms with Crippen LogP contribution >= 0.6 is 11.6 Å². The maximum Gasteiger partial charge on any atom is 0.113 e. The van der Waals surface area contributed by atoms with Gasteiger partial charge in [-0.2, -0.15) is 0 Å². The van der Waals surface area contributed by atoms with Crippen molar-refractivity contribution in [2.45, 2.75) is 38.3 Å². The van der Waals surface area contributed by atoms with Crippen molar-refractivity contribution in [3.63, 3.8) is 0 Å². The first kappa shape index (κ1) is 23.5. The van der Waals surface area contributed by atoms with Gasteiger partial charge in [0.15, 0.2) is 0 Å². The average Bonchev–Trinajstić information content (AvgIpc) is 2.84. The number of piperidine rings is 1. The third-order valence-corrected chi connectivity index (χ3v) is 6.71. The quantitative estimate of drug-likeness (QED) is 0.429. The third kappa shape index (κ3) is 6.92. The number of halogens is 1. The fourth-order valence-electron chi connectivity index (χ4n) is 4.30. The van der Waals surface area contributed by atoms with Gasteiger partial charge in [-0.3, -0.25) is 4.90 Å². The Bertz CT molecular complexity index is 1070. The predicted molar refractivity (Wildman–Crippen MR) is 138 cm³/mol. The Kier molecular flexibility index (Phi) is 8.18. The van der Waals surface area contributed by atoms with E-state index in [4.69, 9.17) is 11.6 Å². The van der Waals surface area contributed by atoms with Crippen LogP contribution in [0.5, 0.6) is 0 Å². The molecule has 4 rings (SSSR count). The minimum absolute atomic E-state index is 0.699. The number of nitrogens with zero attached hydrogens (tertiary/aromatic N) is 3. The van der Waals surface area contributed by atoms with Crippen LogP contribution in [0.1, 0.15) is 36.1 Å². The summed E-state index contributed by atoms with van der Waals surface area (Å²) in [5, 5.41) is 0.740. The molecule has 0 spiro atoms. The highest BCUT2D eigenvalue weighted by atomic mass is 35.5. The summed E-state index contributed by atoms with van der Waals surface area (Å²) >= 11 is 5.96. The molecule has 2 aromatic carbocycles. The molecule has 0 bridgehead atoms. The van der Waals surface area contributed by atoms with Crippen LogP contribution in [-0.2, 0) is 13.0 Å². The Morgan fingerprint density at radius 1 is 0.939 bits per heavy atom. The van der Waals surface area contributed by atoms with Gasteiger partial charge in [0.05, 0.1) is 0 Å². The molecule has 0 amide bonds. The first-order chi connectivity index (χ1) is 16.1. The summed E-state index contributed by atoms with van der Waals surface area (Å²) < 4.78 is 0. The summed E-state index contributed by atoms with van der Waals surface area (Å²) in [5.74, 6) is 6.46. The van der Waals surface area contributed by atoms with Gasteiger partial charge in [-0.25, -0.2) is 4.98 Å². The van der Waals surface area contributed by atoms with E-state index in [1.54, 1.807) is 0 Å². The molecule has 0 radical (unpaired) electrons. The summed E-state index contributed by atoms with van der Waals surface area (Å²) in [5.41, 5.74) is 5.70. The van der Waals surface area contributed by atoms with E-state index in [0.29, 0.717) is 6.04 Å². The lowest BCUT2D eigenvalue weighted by Crippen LogP contribution is -2.41. The second-order valence-electron chi connectivity index (χ2n) is 9.01. The fraction of sp³-hybridized carbons (Fsp3) is 0.345. The molecule has 3 nitrogen and oxygen atoms in total. The highest BCUT2D eigenvalue weighted by molar-refractivity contribution is 6.30. The number of aromatic nitrogens is 1. The summed E-state index contributed by atoms with van der Waals surface area (Å²) in [6.45, 7) is 3.43. The zero-order valence-corrected chi connectivity index (χ0v) is 20.4. The Hall–Kier alpha value is -2.64. The molecule has 0 saturated carbocycles. The molecule has 0 aliphatic carbocycles. The zero-order chi connectivity index (χ0) is 23.0. The van der Waals surface area contributed by atoms with E-state index in [0.717, 1.165) is 41.2 Å². The van der Waals surface area contributed by atoms with Gasteiger partial charge in [0, 0.05) is 35.8 Å². The second-order valence-corrected chi connectivity index (χ2v) is 9.44. The van der Waals surface area contributed by atoms with E-state index < -0.39 is 0 Å². The zero-order valence-electron chi connectivity index (χ0n) is 19.6. The molecule has 2 heterocycles. The number of rotatable bonds is 6. The first-order valence-electron chi connectivity index (χ1n) is 11.7. The Morgan fingerprint density at radius 3 is 2.27 bits per heavy atom. The van der Waals surface area contributed by atoms with Crippen LogP contribution in [0.4, 0.5) is 0 Å². The largest absolute Gasteiger partial charge is 0.306 e. The highest BCUT2D eigenvalue weighted by Crippen LogP contribution is 2.21. The molecule has 0 unspecified atom stereocenters. The van der Waals surface area contributed by atoms with Crippen LogP contribution in [-0.4, -0.2) is 48.0 Å². The van der Waals surface area contributed by atoms with Crippen LogP contribution in [0.2, 0.25) is 5.02 Å². The van der Waals surface area contributed by atoms with Crippen molar-refractivity contribution >= 4 is 11.6 Å². The lowest BCUT2D eigenvalue weighted by atomic mass is 10.0. The van der Waals surface area contributed by atoms with Gasteiger partial charge in [0.2, 0.25) is 0 Å². The van der Waals surface area contributed by atoms with Crippen molar-refractivity contribution in [1.82, 2.24) is 14.8 Å². The van der Waals surface area contributed by atoms with Crippen molar-refractivity contribution in [1.29, 1.82) is 0 Å². The number of pyridine rings is 1. The number of hydrogen-bond donors (Lipinski definition) is 0. The van der Waals surface area contributed by atoms with Crippen molar-refractivity contribution < 1.29 is 0 Å². The van der Waals surface area contributed by atoms with E-state index in [2.05, 4.69) is 71.1 Å². The Labute approximate surface area is 203 Å². The van der Waals surface area contributed by atoms with Crippen LogP contribution in [0.25, 0.3) is 11.1 Å². The van der Waals surface area contributed by atoms with Crippen LogP contribution < -0.4 is 0 Å². The van der Waals surface area contributed by atoms with Crippen molar-refractivity contribution in [3.8, 4) is 23.0 Å². The van der Waals surface area contributed by atoms with E-state index in [1.807, 2.05) is 36.5 Å². The van der Waals surface area contributed by atoms with Crippen molar-refractivity contribution in [2.75, 3.05) is 27.2 Å². The first-order valence-corrected chi connectivity index (χ1v) is 12.1. The molecular weight excluding hydrogens is 426 g/mol. The van der Waals surface area contributed by atoms with Gasteiger partial charge in [-0.1, -0.05) is 60.0 Å². The SMILES string of the molecule is CN1CCC(N(C)Cc2ccc(CCC#Cc3ccc(-c4ccc(Cl)cc4)cn3)cc2)CC1. The molecule has 1 saturated heterocycles. The lowest BCUT2D eigenvalue weighted by molar-refractivity contribution is 0.139. The maximum absolute atomic E-state index is 5.96. The van der Waals surface area contributed by atoms with Crippen LogP contribution in [0.3, 0.4) is 0 Å². The topological polar surface area (TPSA) is 19.4 Å². The highest BCUT2D eigenvalue weighted by Gasteiger charge is 2.20. The number of benzene rings is 2. The third-order valence-electron chi connectivity index (χ3n) is 6.46. The number of likely N-dealkylation sites (tertiary alicyclic amines) is 1. The van der Waals surface area contributed by atoms with E-state index in [-0.39, 0.29) is 0 Å². The lowest BCUT2D eigenvalue weighted by Gasteiger charge is -2.35. The van der Waals surface area contributed by atoms with Crippen molar-refractivity contribution in [2.24, 2.45) is 0 Å². The normalized spacial score (nSPS) is 14.8. The van der Waals surface area contributed by atoms with Gasteiger partial charge < -0.3 is 4.90 Å². The van der Waals surface area contributed by atoms with Gasteiger partial charge >= 0.3 is 0 Å². The summed E-state index contributed by atoms with van der Waals surface area (Å²) in [6, 6.07) is 21.6. The minimum atomic E-state index is 0.699. The number of hydrogen-bond acceptors (Lipinski definition) is 3. The molecular formula is C29H32ClN3. The summed E-state index contributed by atoms with van der Waals surface area (Å²) in [7, 11) is 4.48. The Morgan fingerprint density at radius 2 is 1.61 bits per heavy atom. The van der Waals surface area contributed by atoms with E-state index in [9.17, 15) is 0 Å². The van der Waals surface area contributed by atoms with Gasteiger partial charge in [-0.15, -0.1) is 0 Å². The van der Waals surface area contributed by atoms with Gasteiger partial charge in [0.25, 0.3) is 0 Å². The molecule has 0 atom stereocenters. The molecule has 3 aromatic rings. The minimum Gasteiger partial charge on any atom is -0.306 e. The molecule has 1 aromatic heterocycles. The van der Waals surface area contributed by atoms with Gasteiger partial charge in [-0.05, 0) is 87.3 Å². The van der Waals surface area contributed by atoms with Crippen LogP contribution in [0.15, 0.2) is 66.9 Å². The van der Waals surface area contributed by atoms with Crippen LogP contribution in [0, 0.1) is 11.8 Å². The molecule has 1 aliphatic rings. The molecule has 1 aliphatic heterocycles. The smallest absolute Gasteiger partial charge is 0.113 e. The van der Waals surface area contributed by atoms with Crippen molar-refractivity contribution in [3.05, 3.63) is 88.7 Å². The Balaban J connectivity index is 1.24. The van der Waals surface area contributed by atoms with E-state index >= 15 is 0 Å². The average molecular weight is 458 g/mol. The monoisotopic (exact) mass is 457 g/mol. The fourth-order valence-corrected chi connectivity index (χ4v) is 4.43. The van der Waals surface area contributed by atoms with E-state index in [1.165, 1.54) is 37.1 Å².